The molecule has 0 N–H and O–H groups in total. The zero-order valence-electron chi connectivity index (χ0n) is 7.79. The number of halogens is 3. The van der Waals surface area contributed by atoms with Crippen molar-refractivity contribution < 1.29 is 18.0 Å². The number of carbonyl (C=O) groups excluding carboxylic acids is 1. The molecule has 1 aromatic rings. The first-order chi connectivity index (χ1) is 7.00. The third kappa shape index (κ3) is 2.19. The maximum absolute atomic E-state index is 12.3. The molecule has 1 aliphatic rings. The fraction of sp³-hybridized carbons (Fsp3) is 0.556. The van der Waals surface area contributed by atoms with E-state index in [-0.39, 0.29) is 5.69 Å². The topological polar surface area (TPSA) is 34.9 Å². The molecule has 2 rings (SSSR count). The van der Waals surface area contributed by atoms with Crippen LogP contribution in [0.15, 0.2) is 6.07 Å². The minimum atomic E-state index is -4.48. The summed E-state index contributed by atoms with van der Waals surface area (Å²) in [6, 6.07) is 0.787. The molecule has 0 spiro atoms. The van der Waals surface area contributed by atoms with E-state index >= 15 is 0 Å². The van der Waals surface area contributed by atoms with Crippen molar-refractivity contribution in [1.82, 2.24) is 9.78 Å². The highest BCUT2D eigenvalue weighted by Gasteiger charge is 2.35. The number of alkyl halides is 3. The quantitative estimate of drug-likeness (QED) is 0.728. The third-order valence-corrected chi connectivity index (χ3v) is 2.35. The first kappa shape index (κ1) is 10.2. The Morgan fingerprint density at radius 3 is 2.67 bits per heavy atom. The number of rotatable bonds is 3. The molecule has 0 saturated heterocycles. The summed E-state index contributed by atoms with van der Waals surface area (Å²) in [6.07, 6.45) is -2.07. The SMILES string of the molecule is O=Cc1cc(C(F)(F)F)nn1CC1CC1. The van der Waals surface area contributed by atoms with Crippen LogP contribution in [0.25, 0.3) is 0 Å². The van der Waals surface area contributed by atoms with Gasteiger partial charge in [-0.1, -0.05) is 0 Å². The van der Waals surface area contributed by atoms with E-state index in [4.69, 9.17) is 0 Å². The minimum absolute atomic E-state index is 0.00535. The fourth-order valence-electron chi connectivity index (χ4n) is 1.36. The van der Waals surface area contributed by atoms with Gasteiger partial charge in [0, 0.05) is 6.54 Å². The van der Waals surface area contributed by atoms with Crippen LogP contribution in [-0.2, 0) is 12.7 Å². The largest absolute Gasteiger partial charge is 0.435 e. The molecule has 0 aliphatic heterocycles. The summed E-state index contributed by atoms with van der Waals surface area (Å²) in [5.41, 5.74) is -1.00. The van der Waals surface area contributed by atoms with Gasteiger partial charge in [0.25, 0.3) is 0 Å². The standard InChI is InChI=1S/C9H9F3N2O/c10-9(11,12)8-3-7(5-15)14(13-8)4-6-1-2-6/h3,5-6H,1-2,4H2. The molecule has 82 valence electrons. The summed E-state index contributed by atoms with van der Waals surface area (Å²) >= 11 is 0. The van der Waals surface area contributed by atoms with Crippen molar-refractivity contribution in [2.75, 3.05) is 0 Å². The maximum atomic E-state index is 12.3. The average molecular weight is 218 g/mol. The van der Waals surface area contributed by atoms with E-state index in [0.29, 0.717) is 18.7 Å². The fourth-order valence-corrected chi connectivity index (χ4v) is 1.36. The van der Waals surface area contributed by atoms with Crippen molar-refractivity contribution in [3.63, 3.8) is 0 Å². The second-order valence-electron chi connectivity index (χ2n) is 3.70. The lowest BCUT2D eigenvalue weighted by atomic mass is 10.3. The lowest BCUT2D eigenvalue weighted by Gasteiger charge is -2.02. The molecule has 1 fully saturated rings. The lowest BCUT2D eigenvalue weighted by molar-refractivity contribution is -0.141. The number of nitrogens with zero attached hydrogens (tertiary/aromatic N) is 2. The molecule has 0 bridgehead atoms. The molecule has 0 atom stereocenters. The first-order valence-corrected chi connectivity index (χ1v) is 4.61. The van der Waals surface area contributed by atoms with Crippen molar-refractivity contribution in [2.45, 2.75) is 25.6 Å². The normalized spacial score (nSPS) is 16.7. The molecule has 0 amide bonds. The smallest absolute Gasteiger partial charge is 0.296 e. The molecular weight excluding hydrogens is 209 g/mol. The van der Waals surface area contributed by atoms with Gasteiger partial charge in [0.1, 0.15) is 5.69 Å². The van der Waals surface area contributed by atoms with Crippen molar-refractivity contribution in [1.29, 1.82) is 0 Å². The van der Waals surface area contributed by atoms with Gasteiger partial charge in [-0.3, -0.25) is 9.48 Å². The second-order valence-corrected chi connectivity index (χ2v) is 3.70. The number of hydrogen-bond donors (Lipinski definition) is 0. The molecule has 0 aromatic carbocycles. The zero-order valence-corrected chi connectivity index (χ0v) is 7.79. The van der Waals surface area contributed by atoms with Crippen LogP contribution in [0.5, 0.6) is 0 Å². The van der Waals surface area contributed by atoms with Crippen molar-refractivity contribution in [2.24, 2.45) is 5.92 Å². The first-order valence-electron chi connectivity index (χ1n) is 4.61. The molecule has 1 aromatic heterocycles. The van der Waals surface area contributed by atoms with E-state index in [1.54, 1.807) is 0 Å². The van der Waals surface area contributed by atoms with Crippen LogP contribution in [0, 0.1) is 5.92 Å². The highest BCUT2D eigenvalue weighted by atomic mass is 19.4. The van der Waals surface area contributed by atoms with E-state index < -0.39 is 11.9 Å². The summed E-state index contributed by atoms with van der Waals surface area (Å²) < 4.78 is 38.0. The molecule has 0 unspecified atom stereocenters. The van der Waals surface area contributed by atoms with Crippen LogP contribution in [0.3, 0.4) is 0 Å². The Morgan fingerprint density at radius 1 is 1.53 bits per heavy atom. The minimum Gasteiger partial charge on any atom is -0.296 e. The molecule has 1 saturated carbocycles. The highest BCUT2D eigenvalue weighted by Crippen LogP contribution is 2.32. The predicted molar refractivity (Wildman–Crippen MR) is 45.3 cm³/mol. The van der Waals surface area contributed by atoms with Gasteiger partial charge in [0.2, 0.25) is 0 Å². The zero-order chi connectivity index (χ0) is 11.1. The van der Waals surface area contributed by atoms with Crippen LogP contribution in [0.2, 0.25) is 0 Å². The summed E-state index contributed by atoms with van der Waals surface area (Å²) in [4.78, 5) is 10.5. The van der Waals surface area contributed by atoms with Gasteiger partial charge in [0.05, 0.1) is 0 Å². The van der Waals surface area contributed by atoms with E-state index in [2.05, 4.69) is 5.10 Å². The van der Waals surface area contributed by atoms with Crippen molar-refractivity contribution in [3.8, 4) is 0 Å². The Bertz CT molecular complexity index is 379. The summed E-state index contributed by atoms with van der Waals surface area (Å²) in [7, 11) is 0. The Labute approximate surface area is 83.9 Å². The third-order valence-electron chi connectivity index (χ3n) is 2.35. The number of aromatic nitrogens is 2. The maximum Gasteiger partial charge on any atom is 0.435 e. The monoisotopic (exact) mass is 218 g/mol. The molecule has 1 aliphatic carbocycles. The molecule has 1 heterocycles. The highest BCUT2D eigenvalue weighted by molar-refractivity contribution is 5.72. The van der Waals surface area contributed by atoms with Gasteiger partial charge < -0.3 is 0 Å². The summed E-state index contributed by atoms with van der Waals surface area (Å²) in [5, 5.41) is 3.39. The molecule has 3 nitrogen and oxygen atoms in total. The van der Waals surface area contributed by atoms with Gasteiger partial charge in [0.15, 0.2) is 12.0 Å². The Kier molecular flexibility index (Phi) is 2.28. The van der Waals surface area contributed by atoms with Crippen molar-refractivity contribution >= 4 is 6.29 Å². The Balaban J connectivity index is 2.27. The van der Waals surface area contributed by atoms with E-state index in [1.165, 1.54) is 0 Å². The van der Waals surface area contributed by atoms with Crippen LogP contribution < -0.4 is 0 Å². The van der Waals surface area contributed by atoms with Gasteiger partial charge >= 0.3 is 6.18 Å². The lowest BCUT2D eigenvalue weighted by Crippen LogP contribution is -2.09. The van der Waals surface area contributed by atoms with Crippen LogP contribution in [0.1, 0.15) is 29.0 Å². The van der Waals surface area contributed by atoms with E-state index in [0.717, 1.165) is 23.6 Å². The average Bonchev–Trinajstić information content (AvgIpc) is 2.82. The van der Waals surface area contributed by atoms with Crippen LogP contribution in [-0.4, -0.2) is 16.1 Å². The summed E-state index contributed by atoms with van der Waals surface area (Å²) in [5.74, 6) is 0.379. The van der Waals surface area contributed by atoms with Crippen LogP contribution >= 0.6 is 0 Å². The second kappa shape index (κ2) is 3.36. The van der Waals surface area contributed by atoms with Crippen molar-refractivity contribution in [3.05, 3.63) is 17.5 Å². The number of aldehydes is 1. The van der Waals surface area contributed by atoms with Crippen LogP contribution in [0.4, 0.5) is 13.2 Å². The molecule has 15 heavy (non-hydrogen) atoms. The van der Waals surface area contributed by atoms with E-state index in [1.807, 2.05) is 0 Å². The number of hydrogen-bond acceptors (Lipinski definition) is 2. The van der Waals surface area contributed by atoms with Gasteiger partial charge in [-0.15, -0.1) is 0 Å². The molecule has 0 radical (unpaired) electrons. The van der Waals surface area contributed by atoms with E-state index in [9.17, 15) is 18.0 Å². The molecular formula is C9H9F3N2O. The summed E-state index contributed by atoms with van der Waals surface area (Å²) in [6.45, 7) is 0.407. The molecule has 6 heteroatoms. The van der Waals surface area contributed by atoms with Gasteiger partial charge in [-0.2, -0.15) is 18.3 Å². The van der Waals surface area contributed by atoms with Gasteiger partial charge in [-0.05, 0) is 24.8 Å². The number of carbonyl (C=O) groups is 1. The Hall–Kier alpha value is -1.33. The van der Waals surface area contributed by atoms with Gasteiger partial charge in [-0.25, -0.2) is 0 Å². The predicted octanol–water partition coefficient (Wildman–Crippen LogP) is 2.12. The Morgan fingerprint density at radius 2 is 2.20 bits per heavy atom.